The first kappa shape index (κ1) is 16.8. The molecule has 6 heteroatoms. The smallest absolute Gasteiger partial charge is 0.267 e. The molecule has 3 aromatic rings. The molecule has 0 bridgehead atoms. The van der Waals surface area contributed by atoms with Gasteiger partial charge in [0.05, 0.1) is 10.4 Å². The van der Waals surface area contributed by atoms with E-state index < -0.39 is 0 Å². The second-order valence-corrected chi connectivity index (χ2v) is 7.70. The molecule has 0 fully saturated rings. The van der Waals surface area contributed by atoms with Crippen molar-refractivity contribution in [3.05, 3.63) is 82.2 Å². The Labute approximate surface area is 153 Å². The zero-order valence-corrected chi connectivity index (χ0v) is 14.9. The summed E-state index contributed by atoms with van der Waals surface area (Å²) in [6, 6.07) is 20.7. The van der Waals surface area contributed by atoms with Gasteiger partial charge in [0.2, 0.25) is 0 Å². The van der Waals surface area contributed by atoms with Gasteiger partial charge in [-0.3, -0.25) is 4.79 Å². The first-order valence-corrected chi connectivity index (χ1v) is 9.13. The molecule has 0 aliphatic carbocycles. The molecular formula is C18H13ClN2OS2. The molecule has 1 heterocycles. The van der Waals surface area contributed by atoms with E-state index in [9.17, 15) is 4.79 Å². The van der Waals surface area contributed by atoms with E-state index in [1.807, 2.05) is 54.6 Å². The molecule has 0 saturated heterocycles. The molecule has 1 amide bonds. The van der Waals surface area contributed by atoms with E-state index in [0.29, 0.717) is 5.56 Å². The third kappa shape index (κ3) is 4.71. The number of hydrogen-bond acceptors (Lipinski definition) is 4. The fourth-order valence-corrected chi connectivity index (χ4v) is 4.01. The Bertz CT molecular complexity index is 845. The van der Waals surface area contributed by atoms with Crippen LogP contribution in [0.25, 0.3) is 0 Å². The Morgan fingerprint density at radius 3 is 2.54 bits per heavy atom. The van der Waals surface area contributed by atoms with E-state index in [0.717, 1.165) is 19.0 Å². The molecule has 0 saturated carbocycles. The molecule has 0 unspecified atom stereocenters. The molecule has 2 aromatic carbocycles. The third-order valence-corrected chi connectivity index (χ3v) is 5.44. The highest BCUT2D eigenvalue weighted by atomic mass is 35.5. The normalized spacial score (nSPS) is 10.9. The number of hydrogen-bond donors (Lipinski definition) is 1. The van der Waals surface area contributed by atoms with Crippen LogP contribution in [0, 0.1) is 0 Å². The van der Waals surface area contributed by atoms with Gasteiger partial charge in [-0.1, -0.05) is 41.6 Å². The van der Waals surface area contributed by atoms with Gasteiger partial charge in [0.25, 0.3) is 5.91 Å². The van der Waals surface area contributed by atoms with Crippen LogP contribution in [0.2, 0.25) is 5.02 Å². The van der Waals surface area contributed by atoms with E-state index in [2.05, 4.69) is 10.5 Å². The predicted octanol–water partition coefficient (Wildman–Crippen LogP) is 5.32. The summed E-state index contributed by atoms with van der Waals surface area (Å²) in [5.74, 6) is -0.223. The minimum Gasteiger partial charge on any atom is -0.267 e. The summed E-state index contributed by atoms with van der Waals surface area (Å²) in [4.78, 5) is 14.0. The monoisotopic (exact) mass is 372 g/mol. The lowest BCUT2D eigenvalue weighted by molar-refractivity contribution is 0.0955. The number of amides is 1. The minimum absolute atomic E-state index is 0.223. The van der Waals surface area contributed by atoms with Gasteiger partial charge >= 0.3 is 0 Å². The Hall–Kier alpha value is -2.08. The van der Waals surface area contributed by atoms with Crippen LogP contribution in [-0.2, 0) is 0 Å². The summed E-state index contributed by atoms with van der Waals surface area (Å²) in [5.41, 5.74) is 3.11. The molecule has 0 aliphatic heterocycles. The van der Waals surface area contributed by atoms with Crippen molar-refractivity contribution >= 4 is 46.8 Å². The Balaban J connectivity index is 1.57. The van der Waals surface area contributed by atoms with E-state index in [-0.39, 0.29) is 5.91 Å². The Morgan fingerprint density at radius 2 is 1.79 bits per heavy atom. The van der Waals surface area contributed by atoms with Crippen LogP contribution in [-0.4, -0.2) is 12.1 Å². The largest absolute Gasteiger partial charge is 0.271 e. The second kappa shape index (κ2) is 8.15. The maximum absolute atomic E-state index is 11.9. The van der Waals surface area contributed by atoms with Crippen LogP contribution in [0.1, 0.15) is 15.2 Å². The Kier molecular flexibility index (Phi) is 5.69. The van der Waals surface area contributed by atoms with Crippen molar-refractivity contribution in [3.8, 4) is 0 Å². The van der Waals surface area contributed by atoms with Crippen LogP contribution in [0.3, 0.4) is 0 Å². The lowest BCUT2D eigenvalue weighted by Crippen LogP contribution is -2.17. The average Bonchev–Trinajstić information content (AvgIpc) is 3.05. The number of benzene rings is 2. The van der Waals surface area contributed by atoms with Crippen molar-refractivity contribution in [1.29, 1.82) is 0 Å². The highest BCUT2D eigenvalue weighted by Crippen LogP contribution is 2.33. The van der Waals surface area contributed by atoms with Gasteiger partial charge in [0.1, 0.15) is 0 Å². The molecule has 0 spiro atoms. The standard InChI is InChI=1S/C18H13ClN2OS2/c19-14-6-8-15(9-7-14)23-17-11-10-16(24-17)12-20-21-18(22)13-4-2-1-3-5-13/h1-12H,(H,21,22)/b20-12-. The van der Waals surface area contributed by atoms with Crippen molar-refractivity contribution in [2.24, 2.45) is 5.10 Å². The maximum atomic E-state index is 11.9. The van der Waals surface area contributed by atoms with E-state index in [1.165, 1.54) is 0 Å². The fraction of sp³-hybridized carbons (Fsp3) is 0. The number of carbonyl (C=O) groups excluding carboxylic acids is 1. The SMILES string of the molecule is O=C(N/N=C\c1ccc(Sc2ccc(Cl)cc2)s1)c1ccccc1. The van der Waals surface area contributed by atoms with Crippen LogP contribution < -0.4 is 5.43 Å². The van der Waals surface area contributed by atoms with Gasteiger partial charge in [-0.25, -0.2) is 5.43 Å². The van der Waals surface area contributed by atoms with Crippen LogP contribution in [0.4, 0.5) is 0 Å². The molecule has 0 radical (unpaired) electrons. The first-order valence-electron chi connectivity index (χ1n) is 7.12. The summed E-state index contributed by atoms with van der Waals surface area (Å²) in [5, 5.41) is 4.74. The summed E-state index contributed by atoms with van der Waals surface area (Å²) in [6.07, 6.45) is 1.65. The van der Waals surface area contributed by atoms with E-state index >= 15 is 0 Å². The maximum Gasteiger partial charge on any atom is 0.271 e. The molecule has 0 atom stereocenters. The van der Waals surface area contributed by atoms with Crippen molar-refractivity contribution < 1.29 is 4.79 Å². The molecule has 3 rings (SSSR count). The van der Waals surface area contributed by atoms with Gasteiger partial charge in [-0.15, -0.1) is 11.3 Å². The minimum atomic E-state index is -0.223. The molecule has 24 heavy (non-hydrogen) atoms. The van der Waals surface area contributed by atoms with E-state index in [1.54, 1.807) is 41.4 Å². The first-order chi connectivity index (χ1) is 11.7. The number of nitrogens with one attached hydrogen (secondary N) is 1. The quantitative estimate of drug-likeness (QED) is 0.486. The third-order valence-electron chi connectivity index (χ3n) is 3.03. The topological polar surface area (TPSA) is 41.5 Å². The van der Waals surface area contributed by atoms with Gasteiger partial charge in [-0.2, -0.15) is 5.10 Å². The number of nitrogens with zero attached hydrogens (tertiary/aromatic N) is 1. The predicted molar refractivity (Wildman–Crippen MR) is 101 cm³/mol. The number of carbonyl (C=O) groups is 1. The van der Waals surface area contributed by atoms with Gasteiger partial charge in [-0.05, 0) is 48.5 Å². The summed E-state index contributed by atoms with van der Waals surface area (Å²) >= 11 is 9.16. The second-order valence-electron chi connectivity index (χ2n) is 4.78. The van der Waals surface area contributed by atoms with Crippen LogP contribution in [0.5, 0.6) is 0 Å². The highest BCUT2D eigenvalue weighted by molar-refractivity contribution is 8.01. The zero-order valence-electron chi connectivity index (χ0n) is 12.5. The summed E-state index contributed by atoms with van der Waals surface area (Å²) in [7, 11) is 0. The Morgan fingerprint density at radius 1 is 1.04 bits per heavy atom. The summed E-state index contributed by atoms with van der Waals surface area (Å²) in [6.45, 7) is 0. The lowest BCUT2D eigenvalue weighted by atomic mass is 10.2. The van der Waals surface area contributed by atoms with Gasteiger partial charge in [0, 0.05) is 20.4 Å². The van der Waals surface area contributed by atoms with Crippen LogP contribution >= 0.6 is 34.7 Å². The average molecular weight is 373 g/mol. The molecule has 3 nitrogen and oxygen atoms in total. The molecular weight excluding hydrogens is 360 g/mol. The number of hydrazone groups is 1. The lowest BCUT2D eigenvalue weighted by Gasteiger charge is -1.98. The van der Waals surface area contributed by atoms with Crippen molar-refractivity contribution in [2.75, 3.05) is 0 Å². The van der Waals surface area contributed by atoms with Gasteiger partial charge < -0.3 is 0 Å². The van der Waals surface area contributed by atoms with Gasteiger partial charge in [0.15, 0.2) is 0 Å². The molecule has 1 N–H and O–H groups in total. The van der Waals surface area contributed by atoms with E-state index in [4.69, 9.17) is 11.6 Å². The molecule has 120 valence electrons. The number of halogens is 1. The van der Waals surface area contributed by atoms with Crippen molar-refractivity contribution in [1.82, 2.24) is 5.43 Å². The highest BCUT2D eigenvalue weighted by Gasteiger charge is 2.03. The van der Waals surface area contributed by atoms with Crippen molar-refractivity contribution in [2.45, 2.75) is 9.10 Å². The number of rotatable bonds is 5. The summed E-state index contributed by atoms with van der Waals surface area (Å²) < 4.78 is 1.15. The fourth-order valence-electron chi connectivity index (χ4n) is 1.89. The van der Waals surface area contributed by atoms with Crippen LogP contribution in [0.15, 0.2) is 80.9 Å². The number of thiophene rings is 1. The zero-order chi connectivity index (χ0) is 16.8. The van der Waals surface area contributed by atoms with Crippen molar-refractivity contribution in [3.63, 3.8) is 0 Å². The molecule has 0 aliphatic rings. The molecule has 1 aromatic heterocycles.